The number of nitrogens with one attached hydrogen (secondary N) is 2. The smallest absolute Gasteiger partial charge is 0.254 e. The Kier molecular flexibility index (Phi) is 5.22. The monoisotopic (exact) mass is 371 g/mol. The van der Waals surface area contributed by atoms with Gasteiger partial charge in [-0.25, -0.2) is 9.97 Å². The van der Waals surface area contributed by atoms with E-state index < -0.39 is 6.04 Å². The van der Waals surface area contributed by atoms with Gasteiger partial charge < -0.3 is 15.2 Å². The molecule has 0 saturated carbocycles. The first-order valence-electron chi connectivity index (χ1n) is 9.65. The van der Waals surface area contributed by atoms with Gasteiger partial charge in [0.15, 0.2) is 5.65 Å². The number of aromatic nitrogens is 3. The van der Waals surface area contributed by atoms with Crippen LogP contribution in [0, 0.1) is 6.92 Å². The molecular formula is C20H29N5O2. The van der Waals surface area contributed by atoms with E-state index in [2.05, 4.69) is 20.2 Å². The number of aryl methyl sites for hydroxylation is 3. The maximum atomic E-state index is 12.9. The SMILES string of the molecule is Cc1cc(C(=O)N[C@@H](C)C(=O)NC(C)(C)C)c2nc3n(c2n1)CCCCC3. The first-order chi connectivity index (χ1) is 12.7. The van der Waals surface area contributed by atoms with Crippen LogP contribution in [0.2, 0.25) is 0 Å². The fourth-order valence-corrected chi connectivity index (χ4v) is 3.41. The number of rotatable bonds is 3. The Labute approximate surface area is 159 Å². The Morgan fingerprint density at radius 2 is 1.93 bits per heavy atom. The number of pyridine rings is 1. The molecule has 2 aromatic heterocycles. The van der Waals surface area contributed by atoms with Gasteiger partial charge in [-0.1, -0.05) is 6.42 Å². The molecule has 2 aromatic rings. The van der Waals surface area contributed by atoms with E-state index in [1.54, 1.807) is 13.0 Å². The number of carbonyl (C=O) groups is 2. The lowest BCUT2D eigenvalue weighted by molar-refractivity contribution is -0.124. The molecule has 0 aliphatic carbocycles. The average Bonchev–Trinajstić information content (AvgIpc) is 2.75. The van der Waals surface area contributed by atoms with Crippen molar-refractivity contribution < 1.29 is 9.59 Å². The predicted octanol–water partition coefficient (Wildman–Crippen LogP) is 2.50. The van der Waals surface area contributed by atoms with Gasteiger partial charge >= 0.3 is 0 Å². The number of imidazole rings is 1. The number of hydrogen-bond donors (Lipinski definition) is 2. The zero-order valence-electron chi connectivity index (χ0n) is 16.8. The van der Waals surface area contributed by atoms with Crippen molar-refractivity contribution in [3.8, 4) is 0 Å². The van der Waals surface area contributed by atoms with Gasteiger partial charge in [0.05, 0.1) is 5.56 Å². The third-order valence-electron chi connectivity index (χ3n) is 4.68. The second kappa shape index (κ2) is 7.29. The molecule has 7 heteroatoms. The topological polar surface area (TPSA) is 88.9 Å². The second-order valence-electron chi connectivity index (χ2n) is 8.41. The Morgan fingerprint density at radius 3 is 2.63 bits per heavy atom. The third-order valence-corrected chi connectivity index (χ3v) is 4.68. The molecule has 146 valence electrons. The van der Waals surface area contributed by atoms with Crippen LogP contribution in [0.25, 0.3) is 11.2 Å². The highest BCUT2D eigenvalue weighted by molar-refractivity contribution is 6.05. The lowest BCUT2D eigenvalue weighted by Crippen LogP contribution is -2.50. The summed E-state index contributed by atoms with van der Waals surface area (Å²) in [6.45, 7) is 10.2. The molecule has 2 amide bonds. The lowest BCUT2D eigenvalue weighted by atomic mass is 10.1. The van der Waals surface area contributed by atoms with E-state index in [0.29, 0.717) is 11.1 Å². The van der Waals surface area contributed by atoms with E-state index in [1.807, 2.05) is 27.7 Å². The van der Waals surface area contributed by atoms with Crippen molar-refractivity contribution in [1.82, 2.24) is 25.2 Å². The summed E-state index contributed by atoms with van der Waals surface area (Å²) in [4.78, 5) is 34.6. The van der Waals surface area contributed by atoms with E-state index in [-0.39, 0.29) is 17.4 Å². The summed E-state index contributed by atoms with van der Waals surface area (Å²) >= 11 is 0. The third kappa shape index (κ3) is 4.28. The van der Waals surface area contributed by atoms with Gasteiger partial charge in [0, 0.05) is 24.2 Å². The van der Waals surface area contributed by atoms with Crippen molar-refractivity contribution in [3.05, 3.63) is 23.1 Å². The number of amides is 2. The van der Waals surface area contributed by atoms with Crippen molar-refractivity contribution in [2.75, 3.05) is 0 Å². The molecular weight excluding hydrogens is 342 g/mol. The molecule has 2 N–H and O–H groups in total. The summed E-state index contributed by atoms with van der Waals surface area (Å²) in [7, 11) is 0. The zero-order valence-corrected chi connectivity index (χ0v) is 16.8. The van der Waals surface area contributed by atoms with Crippen LogP contribution in [-0.2, 0) is 17.8 Å². The molecule has 27 heavy (non-hydrogen) atoms. The van der Waals surface area contributed by atoms with Gasteiger partial charge in [0.2, 0.25) is 5.91 Å². The minimum atomic E-state index is -0.638. The van der Waals surface area contributed by atoms with Crippen LogP contribution >= 0.6 is 0 Å². The summed E-state index contributed by atoms with van der Waals surface area (Å²) in [5, 5.41) is 5.69. The van der Waals surface area contributed by atoms with Crippen molar-refractivity contribution in [3.63, 3.8) is 0 Å². The van der Waals surface area contributed by atoms with Crippen molar-refractivity contribution >= 4 is 23.0 Å². The first kappa shape index (κ1) is 19.3. The molecule has 3 rings (SSSR count). The summed E-state index contributed by atoms with van der Waals surface area (Å²) < 4.78 is 2.14. The maximum absolute atomic E-state index is 12.9. The quantitative estimate of drug-likeness (QED) is 0.867. The van der Waals surface area contributed by atoms with Crippen molar-refractivity contribution in [1.29, 1.82) is 0 Å². The van der Waals surface area contributed by atoms with Crippen LogP contribution in [0.1, 0.15) is 68.8 Å². The van der Waals surface area contributed by atoms with Gasteiger partial charge in [0.25, 0.3) is 5.91 Å². The van der Waals surface area contributed by atoms with E-state index >= 15 is 0 Å². The normalized spacial score (nSPS) is 15.7. The van der Waals surface area contributed by atoms with Crippen molar-refractivity contribution in [2.24, 2.45) is 0 Å². The molecule has 0 saturated heterocycles. The zero-order chi connectivity index (χ0) is 19.8. The molecule has 1 atom stereocenters. The van der Waals surface area contributed by atoms with Gasteiger partial charge in [-0.3, -0.25) is 9.59 Å². The van der Waals surface area contributed by atoms with Gasteiger partial charge in [-0.05, 0) is 53.5 Å². The number of nitrogens with zero attached hydrogens (tertiary/aromatic N) is 3. The Morgan fingerprint density at radius 1 is 1.19 bits per heavy atom. The molecule has 0 radical (unpaired) electrons. The summed E-state index contributed by atoms with van der Waals surface area (Å²) in [5.41, 5.74) is 2.29. The number of carbonyl (C=O) groups excluding carboxylic acids is 2. The Balaban J connectivity index is 1.90. The van der Waals surface area contributed by atoms with Crippen LogP contribution in [0.15, 0.2) is 6.07 Å². The Hall–Kier alpha value is -2.44. The summed E-state index contributed by atoms with van der Waals surface area (Å²) in [5.74, 6) is 0.488. The van der Waals surface area contributed by atoms with Crippen LogP contribution < -0.4 is 10.6 Å². The molecule has 0 spiro atoms. The molecule has 1 aliphatic heterocycles. The first-order valence-corrected chi connectivity index (χ1v) is 9.65. The van der Waals surface area contributed by atoms with E-state index in [0.717, 1.165) is 43.0 Å². The molecule has 0 unspecified atom stereocenters. The minimum absolute atomic E-state index is 0.210. The average molecular weight is 371 g/mol. The fourth-order valence-electron chi connectivity index (χ4n) is 3.41. The van der Waals surface area contributed by atoms with E-state index in [1.165, 1.54) is 6.42 Å². The number of fused-ring (bicyclic) bond motifs is 3. The second-order valence-corrected chi connectivity index (χ2v) is 8.41. The molecule has 7 nitrogen and oxygen atoms in total. The van der Waals surface area contributed by atoms with Crippen LogP contribution in [0.4, 0.5) is 0 Å². The fraction of sp³-hybridized carbons (Fsp3) is 0.600. The van der Waals surface area contributed by atoms with Crippen molar-refractivity contribution in [2.45, 2.75) is 78.4 Å². The van der Waals surface area contributed by atoms with Crippen LogP contribution in [0.5, 0.6) is 0 Å². The molecule has 0 aromatic carbocycles. The summed E-state index contributed by atoms with van der Waals surface area (Å²) in [6.07, 6.45) is 4.29. The molecule has 3 heterocycles. The lowest BCUT2D eigenvalue weighted by Gasteiger charge is -2.23. The van der Waals surface area contributed by atoms with Gasteiger partial charge in [-0.15, -0.1) is 0 Å². The highest BCUT2D eigenvalue weighted by atomic mass is 16.2. The Bertz CT molecular complexity index is 879. The number of hydrogen-bond acceptors (Lipinski definition) is 4. The molecule has 1 aliphatic rings. The summed E-state index contributed by atoms with van der Waals surface area (Å²) in [6, 6.07) is 1.11. The highest BCUT2D eigenvalue weighted by Crippen LogP contribution is 2.24. The van der Waals surface area contributed by atoms with E-state index in [4.69, 9.17) is 4.98 Å². The largest absolute Gasteiger partial charge is 0.350 e. The molecule has 0 bridgehead atoms. The predicted molar refractivity (Wildman–Crippen MR) is 105 cm³/mol. The minimum Gasteiger partial charge on any atom is -0.350 e. The molecule has 0 fully saturated rings. The standard InChI is InChI=1S/C20H29N5O2/c1-12-11-14(19(27)22-13(2)18(26)24-20(3,4)5)16-17(21-12)25-10-8-6-7-9-15(25)23-16/h11,13H,6-10H2,1-5H3,(H,22,27)(H,24,26)/t13-/m0/s1. The van der Waals surface area contributed by atoms with Gasteiger partial charge in [-0.2, -0.15) is 0 Å². The van der Waals surface area contributed by atoms with Crippen LogP contribution in [-0.4, -0.2) is 37.9 Å². The highest BCUT2D eigenvalue weighted by Gasteiger charge is 2.24. The van der Waals surface area contributed by atoms with Crippen LogP contribution in [0.3, 0.4) is 0 Å². The van der Waals surface area contributed by atoms with E-state index in [9.17, 15) is 9.59 Å². The maximum Gasteiger partial charge on any atom is 0.254 e. The van der Waals surface area contributed by atoms with Gasteiger partial charge in [0.1, 0.15) is 17.4 Å².